The van der Waals surface area contributed by atoms with E-state index in [0.29, 0.717) is 5.69 Å². The molecule has 2 atom stereocenters. The minimum absolute atomic E-state index is 0.236. The summed E-state index contributed by atoms with van der Waals surface area (Å²) >= 11 is 1.32. The van der Waals surface area contributed by atoms with Gasteiger partial charge in [0.15, 0.2) is 0 Å². The number of carbonyl (C=O) groups is 3. The van der Waals surface area contributed by atoms with Crippen molar-refractivity contribution in [3.63, 3.8) is 0 Å². The highest BCUT2D eigenvalue weighted by molar-refractivity contribution is 8.02. The van der Waals surface area contributed by atoms with Crippen LogP contribution >= 0.6 is 11.8 Å². The number of imide groups is 1. The van der Waals surface area contributed by atoms with Crippen molar-refractivity contribution in [1.29, 1.82) is 0 Å². The molecule has 5 nitrogen and oxygen atoms in total. The van der Waals surface area contributed by atoms with E-state index in [2.05, 4.69) is 5.32 Å². The molecule has 1 heterocycles. The van der Waals surface area contributed by atoms with Gasteiger partial charge in [-0.1, -0.05) is 6.07 Å². The lowest BCUT2D eigenvalue weighted by Crippen LogP contribution is -2.52. The van der Waals surface area contributed by atoms with Crippen LogP contribution in [0, 0.1) is 13.8 Å². The first kappa shape index (κ1) is 16.5. The predicted octanol–water partition coefficient (Wildman–Crippen LogP) is 2.12. The number of hydrogen-bond acceptors (Lipinski definition) is 4. The highest BCUT2D eigenvalue weighted by atomic mass is 32.2. The van der Waals surface area contributed by atoms with Crippen LogP contribution in [-0.2, 0) is 14.4 Å². The minimum atomic E-state index is -0.363. The van der Waals surface area contributed by atoms with Gasteiger partial charge in [0.2, 0.25) is 17.7 Å². The average molecular weight is 320 g/mol. The second-order valence-electron chi connectivity index (χ2n) is 5.61. The monoisotopic (exact) mass is 320 g/mol. The maximum absolute atomic E-state index is 12.1. The number of thioether (sulfide) groups is 1. The quantitative estimate of drug-likeness (QED) is 0.866. The summed E-state index contributed by atoms with van der Waals surface area (Å²) < 4.78 is 0. The number of anilines is 1. The van der Waals surface area contributed by atoms with Gasteiger partial charge in [-0.15, -0.1) is 11.8 Å². The summed E-state index contributed by atoms with van der Waals surface area (Å²) in [5.74, 6) is -0.967. The predicted molar refractivity (Wildman–Crippen MR) is 87.8 cm³/mol. The van der Waals surface area contributed by atoms with E-state index in [9.17, 15) is 14.4 Å². The highest BCUT2D eigenvalue weighted by Crippen LogP contribution is 2.26. The molecule has 3 amide bonds. The zero-order chi connectivity index (χ0) is 16.4. The lowest BCUT2D eigenvalue weighted by Gasteiger charge is -2.31. The average Bonchev–Trinajstić information content (AvgIpc) is 2.40. The van der Waals surface area contributed by atoms with Gasteiger partial charge < -0.3 is 5.32 Å². The highest BCUT2D eigenvalue weighted by Gasteiger charge is 2.37. The molecule has 22 heavy (non-hydrogen) atoms. The number of nitrogens with one attached hydrogen (secondary N) is 1. The van der Waals surface area contributed by atoms with E-state index < -0.39 is 0 Å². The first-order chi connectivity index (χ1) is 10.3. The zero-order valence-electron chi connectivity index (χ0n) is 13.2. The Morgan fingerprint density at radius 1 is 1.09 bits per heavy atom. The molecule has 0 spiro atoms. The van der Waals surface area contributed by atoms with Crippen molar-refractivity contribution in [2.45, 2.75) is 38.2 Å². The van der Waals surface area contributed by atoms with E-state index in [0.717, 1.165) is 16.0 Å². The number of carbonyl (C=O) groups excluding carboxylic acids is 3. The SMILES string of the molecule is Cc1cc(C)cc(NC(=O)CN2C(=O)[C@@H](C)S[C@H](C)C2=O)c1. The van der Waals surface area contributed by atoms with Crippen molar-refractivity contribution >= 4 is 35.2 Å². The summed E-state index contributed by atoms with van der Waals surface area (Å²) in [5.41, 5.74) is 2.76. The topological polar surface area (TPSA) is 66.5 Å². The van der Waals surface area contributed by atoms with Gasteiger partial charge in [-0.05, 0) is 51.0 Å². The van der Waals surface area contributed by atoms with E-state index in [-0.39, 0.29) is 34.8 Å². The third-order valence-corrected chi connectivity index (χ3v) is 4.66. The molecule has 1 aliphatic rings. The number of hydrogen-bond donors (Lipinski definition) is 1. The molecule has 1 aliphatic heterocycles. The van der Waals surface area contributed by atoms with Gasteiger partial charge in [-0.3, -0.25) is 19.3 Å². The van der Waals surface area contributed by atoms with Gasteiger partial charge in [0.1, 0.15) is 6.54 Å². The van der Waals surface area contributed by atoms with E-state index in [1.165, 1.54) is 11.8 Å². The Morgan fingerprint density at radius 3 is 2.09 bits per heavy atom. The van der Waals surface area contributed by atoms with Crippen LogP contribution in [0.25, 0.3) is 0 Å². The maximum atomic E-state index is 12.1. The van der Waals surface area contributed by atoms with Gasteiger partial charge in [0, 0.05) is 5.69 Å². The second kappa shape index (κ2) is 6.52. The summed E-state index contributed by atoms with van der Waals surface area (Å²) in [6.07, 6.45) is 0. The summed E-state index contributed by atoms with van der Waals surface area (Å²) in [6, 6.07) is 5.71. The van der Waals surface area contributed by atoms with Crippen molar-refractivity contribution in [3.05, 3.63) is 29.3 Å². The lowest BCUT2D eigenvalue weighted by atomic mass is 10.1. The molecule has 0 aliphatic carbocycles. The molecule has 1 aromatic rings. The molecular weight excluding hydrogens is 300 g/mol. The van der Waals surface area contributed by atoms with E-state index >= 15 is 0 Å². The fourth-order valence-electron chi connectivity index (χ4n) is 2.52. The Bertz CT molecular complexity index is 590. The first-order valence-electron chi connectivity index (χ1n) is 7.16. The van der Waals surface area contributed by atoms with Gasteiger partial charge in [-0.2, -0.15) is 0 Å². The molecular formula is C16H20N2O3S. The molecule has 1 N–H and O–H groups in total. The Balaban J connectivity index is 2.07. The smallest absolute Gasteiger partial charge is 0.244 e. The fourth-order valence-corrected chi connectivity index (χ4v) is 3.62. The largest absolute Gasteiger partial charge is 0.325 e. The van der Waals surface area contributed by atoms with E-state index in [1.54, 1.807) is 13.8 Å². The number of nitrogens with zero attached hydrogens (tertiary/aromatic N) is 1. The Morgan fingerprint density at radius 2 is 1.59 bits per heavy atom. The molecule has 0 aromatic heterocycles. The molecule has 1 fully saturated rings. The Kier molecular flexibility index (Phi) is 4.90. The molecule has 0 bridgehead atoms. The Labute approximate surface area is 134 Å². The van der Waals surface area contributed by atoms with E-state index in [4.69, 9.17) is 0 Å². The third-order valence-electron chi connectivity index (χ3n) is 3.44. The van der Waals surface area contributed by atoms with Crippen LogP contribution in [-0.4, -0.2) is 39.7 Å². The van der Waals surface area contributed by atoms with Gasteiger partial charge in [0.25, 0.3) is 0 Å². The summed E-state index contributed by atoms with van der Waals surface area (Å²) in [6.45, 7) is 7.16. The van der Waals surface area contributed by atoms with Crippen molar-refractivity contribution in [3.8, 4) is 0 Å². The van der Waals surface area contributed by atoms with E-state index in [1.807, 2.05) is 32.0 Å². The summed E-state index contributed by atoms with van der Waals surface area (Å²) in [5, 5.41) is 2.14. The molecule has 1 saturated heterocycles. The van der Waals surface area contributed by atoms with Crippen LogP contribution in [0.1, 0.15) is 25.0 Å². The van der Waals surface area contributed by atoms with Crippen LogP contribution in [0.3, 0.4) is 0 Å². The molecule has 0 unspecified atom stereocenters. The second-order valence-corrected chi connectivity index (χ2v) is 7.29. The molecule has 118 valence electrons. The zero-order valence-corrected chi connectivity index (χ0v) is 14.0. The van der Waals surface area contributed by atoms with Crippen molar-refractivity contribution < 1.29 is 14.4 Å². The van der Waals surface area contributed by atoms with Crippen LogP contribution in [0.2, 0.25) is 0 Å². The number of amides is 3. The summed E-state index contributed by atoms with van der Waals surface area (Å²) in [7, 11) is 0. The van der Waals surface area contributed by atoms with Crippen molar-refractivity contribution in [2.24, 2.45) is 0 Å². The number of aryl methyl sites for hydroxylation is 2. The van der Waals surface area contributed by atoms with Crippen molar-refractivity contribution in [1.82, 2.24) is 4.90 Å². The van der Waals surface area contributed by atoms with Gasteiger partial charge >= 0.3 is 0 Å². The van der Waals surface area contributed by atoms with Crippen LogP contribution < -0.4 is 5.32 Å². The van der Waals surface area contributed by atoms with Crippen LogP contribution in [0.5, 0.6) is 0 Å². The summed E-state index contributed by atoms with van der Waals surface area (Å²) in [4.78, 5) is 37.4. The lowest BCUT2D eigenvalue weighted by molar-refractivity contribution is -0.147. The normalized spacial score (nSPS) is 21.9. The number of benzene rings is 1. The molecule has 0 saturated carbocycles. The fraction of sp³-hybridized carbons (Fsp3) is 0.438. The van der Waals surface area contributed by atoms with Crippen LogP contribution in [0.15, 0.2) is 18.2 Å². The number of rotatable bonds is 3. The van der Waals surface area contributed by atoms with Gasteiger partial charge in [-0.25, -0.2) is 0 Å². The third kappa shape index (κ3) is 3.68. The first-order valence-corrected chi connectivity index (χ1v) is 8.11. The minimum Gasteiger partial charge on any atom is -0.325 e. The molecule has 1 aromatic carbocycles. The van der Waals surface area contributed by atoms with Crippen LogP contribution in [0.4, 0.5) is 5.69 Å². The molecule has 2 rings (SSSR count). The standard InChI is InChI=1S/C16H20N2O3S/c1-9-5-10(2)7-13(6-9)17-14(19)8-18-15(20)11(3)22-12(4)16(18)21/h5-7,11-12H,8H2,1-4H3,(H,17,19)/t11-,12-/m1/s1. The molecule has 0 radical (unpaired) electrons. The maximum Gasteiger partial charge on any atom is 0.244 e. The van der Waals surface area contributed by atoms with Gasteiger partial charge in [0.05, 0.1) is 10.5 Å². The Hall–Kier alpha value is -1.82. The molecule has 6 heteroatoms. The van der Waals surface area contributed by atoms with Crippen molar-refractivity contribution in [2.75, 3.05) is 11.9 Å².